The molecule has 0 aliphatic carbocycles. The number of benzene rings is 2. The molecule has 0 bridgehead atoms. The summed E-state index contributed by atoms with van der Waals surface area (Å²) in [5.41, 5.74) is 1.39. The average Bonchev–Trinajstić information content (AvgIpc) is 2.88. The number of methoxy groups -OCH3 is 2. The van der Waals surface area contributed by atoms with Gasteiger partial charge in [-0.3, -0.25) is 14.4 Å². The van der Waals surface area contributed by atoms with E-state index in [9.17, 15) is 14.4 Å². The van der Waals surface area contributed by atoms with E-state index in [0.717, 1.165) is 24.8 Å². The number of nitrogens with zero attached hydrogens (tertiary/aromatic N) is 1. The third-order valence-corrected chi connectivity index (χ3v) is 5.88. The van der Waals surface area contributed by atoms with Crippen molar-refractivity contribution in [2.75, 3.05) is 32.6 Å². The number of aromatic nitrogens is 1. The maximum absolute atomic E-state index is 13.3. The van der Waals surface area contributed by atoms with Gasteiger partial charge in [0, 0.05) is 24.8 Å². The lowest BCUT2D eigenvalue weighted by Gasteiger charge is -2.28. The number of likely N-dealkylation sites (tertiary alicyclic amines) is 1. The molecular formula is C26H27N3O5. The van der Waals surface area contributed by atoms with Crippen LogP contribution in [0.15, 0.2) is 59.4 Å². The Morgan fingerprint density at radius 3 is 2.21 bits per heavy atom. The molecule has 2 aromatic carbocycles. The molecule has 2 amide bonds. The van der Waals surface area contributed by atoms with E-state index in [4.69, 9.17) is 9.47 Å². The fourth-order valence-electron chi connectivity index (χ4n) is 4.05. The van der Waals surface area contributed by atoms with E-state index in [1.807, 2.05) is 30.3 Å². The largest absolute Gasteiger partial charge is 0.493 e. The Morgan fingerprint density at radius 2 is 1.56 bits per heavy atom. The van der Waals surface area contributed by atoms with Gasteiger partial charge in [0.15, 0.2) is 11.5 Å². The van der Waals surface area contributed by atoms with Gasteiger partial charge in [0.25, 0.3) is 17.4 Å². The minimum absolute atomic E-state index is 0.0640. The van der Waals surface area contributed by atoms with Crippen molar-refractivity contribution in [3.63, 3.8) is 0 Å². The van der Waals surface area contributed by atoms with Crippen LogP contribution < -0.4 is 20.3 Å². The van der Waals surface area contributed by atoms with Crippen molar-refractivity contribution in [2.24, 2.45) is 0 Å². The van der Waals surface area contributed by atoms with Crippen molar-refractivity contribution < 1.29 is 19.1 Å². The van der Waals surface area contributed by atoms with E-state index in [2.05, 4.69) is 10.3 Å². The molecule has 8 nitrogen and oxygen atoms in total. The van der Waals surface area contributed by atoms with Crippen LogP contribution in [0.1, 0.15) is 40.0 Å². The summed E-state index contributed by atoms with van der Waals surface area (Å²) in [6.45, 7) is 1.31. The van der Waals surface area contributed by atoms with Crippen molar-refractivity contribution in [3.05, 3.63) is 76.1 Å². The maximum Gasteiger partial charge on any atom is 0.261 e. The number of anilines is 1. The molecule has 0 atom stereocenters. The number of hydrogen-bond acceptors (Lipinski definition) is 5. The molecule has 3 aromatic rings. The number of amides is 2. The van der Waals surface area contributed by atoms with Crippen molar-refractivity contribution in [1.29, 1.82) is 0 Å². The van der Waals surface area contributed by atoms with Crippen molar-refractivity contribution in [3.8, 4) is 22.8 Å². The van der Waals surface area contributed by atoms with Gasteiger partial charge in [0.2, 0.25) is 0 Å². The van der Waals surface area contributed by atoms with E-state index in [1.54, 1.807) is 23.1 Å². The Hall–Kier alpha value is -4.07. The number of H-pyrrole nitrogens is 1. The zero-order valence-electron chi connectivity index (χ0n) is 19.2. The molecule has 176 valence electrons. The minimum Gasteiger partial charge on any atom is -0.493 e. The number of hydrogen-bond donors (Lipinski definition) is 2. The molecule has 0 radical (unpaired) electrons. The molecule has 1 aliphatic rings. The van der Waals surface area contributed by atoms with E-state index in [1.165, 1.54) is 20.3 Å². The number of carbonyl (C=O) groups excluding carboxylic acids is 2. The fourth-order valence-corrected chi connectivity index (χ4v) is 4.05. The number of piperidine rings is 1. The normalized spacial score (nSPS) is 13.3. The Morgan fingerprint density at radius 1 is 0.882 bits per heavy atom. The van der Waals surface area contributed by atoms with E-state index in [0.29, 0.717) is 30.3 Å². The zero-order chi connectivity index (χ0) is 24.1. The summed E-state index contributed by atoms with van der Waals surface area (Å²) >= 11 is 0. The van der Waals surface area contributed by atoms with Crippen LogP contribution in [-0.2, 0) is 0 Å². The highest BCUT2D eigenvalue weighted by molar-refractivity contribution is 6.09. The highest BCUT2D eigenvalue weighted by Crippen LogP contribution is 2.34. The van der Waals surface area contributed by atoms with Crippen LogP contribution in [-0.4, -0.2) is 49.0 Å². The Kier molecular flexibility index (Phi) is 6.96. The third kappa shape index (κ3) is 4.80. The number of nitrogens with one attached hydrogen (secondary N) is 2. The smallest absolute Gasteiger partial charge is 0.261 e. The monoisotopic (exact) mass is 461 g/mol. The Labute approximate surface area is 197 Å². The molecular weight excluding hydrogens is 434 g/mol. The quantitative estimate of drug-likeness (QED) is 0.579. The van der Waals surface area contributed by atoms with Gasteiger partial charge in [-0.2, -0.15) is 0 Å². The lowest BCUT2D eigenvalue weighted by molar-refractivity contribution is 0.0725. The molecule has 4 rings (SSSR count). The molecule has 0 spiro atoms. The second-order valence-corrected chi connectivity index (χ2v) is 8.04. The van der Waals surface area contributed by atoms with Crippen LogP contribution >= 0.6 is 0 Å². The zero-order valence-corrected chi connectivity index (χ0v) is 19.2. The van der Waals surface area contributed by atoms with Gasteiger partial charge in [-0.05, 0) is 43.0 Å². The second-order valence-electron chi connectivity index (χ2n) is 8.04. The summed E-state index contributed by atoms with van der Waals surface area (Å²) in [7, 11) is 2.96. The highest BCUT2D eigenvalue weighted by Gasteiger charge is 2.25. The number of ether oxygens (including phenoxy) is 2. The Balaban J connectivity index is 1.66. The van der Waals surface area contributed by atoms with Crippen LogP contribution in [0.2, 0.25) is 0 Å². The van der Waals surface area contributed by atoms with Crippen molar-refractivity contribution in [2.45, 2.75) is 19.3 Å². The van der Waals surface area contributed by atoms with Gasteiger partial charge in [-0.25, -0.2) is 0 Å². The molecule has 1 aromatic heterocycles. The Bertz CT molecular complexity index is 1250. The fraction of sp³-hybridized carbons (Fsp3) is 0.269. The lowest BCUT2D eigenvalue weighted by Crippen LogP contribution is -2.36. The lowest BCUT2D eigenvalue weighted by atomic mass is 10.1. The summed E-state index contributed by atoms with van der Waals surface area (Å²) in [6, 6.07) is 15.6. The number of carbonyl (C=O) groups is 2. The summed E-state index contributed by atoms with van der Waals surface area (Å²) < 4.78 is 10.7. The molecule has 0 saturated carbocycles. The first-order chi connectivity index (χ1) is 16.5. The van der Waals surface area contributed by atoms with Gasteiger partial charge in [0.05, 0.1) is 25.5 Å². The van der Waals surface area contributed by atoms with Gasteiger partial charge in [-0.15, -0.1) is 0 Å². The first kappa shape index (κ1) is 23.1. The minimum atomic E-state index is -0.624. The van der Waals surface area contributed by atoms with Gasteiger partial charge in [0.1, 0.15) is 5.56 Å². The van der Waals surface area contributed by atoms with Crippen LogP contribution in [0.3, 0.4) is 0 Å². The summed E-state index contributed by atoms with van der Waals surface area (Å²) in [5.74, 6) is -0.0858. The van der Waals surface area contributed by atoms with Crippen LogP contribution in [0.4, 0.5) is 5.69 Å². The topological polar surface area (TPSA) is 101 Å². The molecule has 34 heavy (non-hydrogen) atoms. The molecule has 1 aliphatic heterocycles. The highest BCUT2D eigenvalue weighted by atomic mass is 16.5. The first-order valence-corrected chi connectivity index (χ1v) is 11.2. The third-order valence-electron chi connectivity index (χ3n) is 5.88. The van der Waals surface area contributed by atoms with Gasteiger partial charge < -0.3 is 24.7 Å². The van der Waals surface area contributed by atoms with Gasteiger partial charge >= 0.3 is 0 Å². The first-order valence-electron chi connectivity index (χ1n) is 11.2. The van der Waals surface area contributed by atoms with Crippen molar-refractivity contribution >= 4 is 17.5 Å². The van der Waals surface area contributed by atoms with E-state index >= 15 is 0 Å². The number of rotatable bonds is 6. The summed E-state index contributed by atoms with van der Waals surface area (Å²) in [6.07, 6.45) is 2.95. The molecule has 1 fully saturated rings. The SMILES string of the molecule is COc1cc(NC(=O)c2ccc(-c3ccccc3)[nH]c2=O)c(C(=O)N2CCCCC2)cc1OC. The summed E-state index contributed by atoms with van der Waals surface area (Å²) in [5, 5.41) is 2.73. The average molecular weight is 462 g/mol. The number of pyridine rings is 1. The van der Waals surface area contributed by atoms with Crippen molar-refractivity contribution in [1.82, 2.24) is 9.88 Å². The molecule has 2 heterocycles. The van der Waals surface area contributed by atoms with E-state index in [-0.39, 0.29) is 22.7 Å². The standard InChI is InChI=1S/C26H27N3O5/c1-33-22-15-19(26(32)29-13-7-4-8-14-29)21(16-23(22)34-2)28-25(31)18-11-12-20(27-24(18)30)17-9-5-3-6-10-17/h3,5-6,9-12,15-16H,4,7-8,13-14H2,1-2H3,(H,27,30)(H,28,31). The van der Waals surface area contributed by atoms with Crippen LogP contribution in [0, 0.1) is 0 Å². The predicted octanol–water partition coefficient (Wildman–Crippen LogP) is 3.94. The van der Waals surface area contributed by atoms with Crippen LogP contribution in [0.25, 0.3) is 11.3 Å². The second kappa shape index (κ2) is 10.2. The van der Waals surface area contributed by atoms with Crippen LogP contribution in [0.5, 0.6) is 11.5 Å². The molecule has 8 heteroatoms. The van der Waals surface area contributed by atoms with Gasteiger partial charge in [-0.1, -0.05) is 30.3 Å². The summed E-state index contributed by atoms with van der Waals surface area (Å²) in [4.78, 5) is 43.6. The molecule has 2 N–H and O–H groups in total. The molecule has 1 saturated heterocycles. The van der Waals surface area contributed by atoms with E-state index < -0.39 is 11.5 Å². The number of aromatic amines is 1. The predicted molar refractivity (Wildman–Crippen MR) is 130 cm³/mol. The molecule has 0 unspecified atom stereocenters. The maximum atomic E-state index is 13.3.